The van der Waals surface area contributed by atoms with E-state index in [-0.39, 0.29) is 11.9 Å². The first kappa shape index (κ1) is 14.7. The molecule has 0 aromatic carbocycles. The van der Waals surface area contributed by atoms with Crippen LogP contribution in [0.1, 0.15) is 61.3 Å². The van der Waals surface area contributed by atoms with E-state index in [9.17, 15) is 4.79 Å². The fraction of sp³-hybridized carbons (Fsp3) is 0.600. The number of piperidine rings is 1. The molecule has 3 heterocycles. The molecule has 0 N–H and O–H groups in total. The van der Waals surface area contributed by atoms with Gasteiger partial charge in [0.25, 0.3) is 5.91 Å². The quantitative estimate of drug-likeness (QED) is 0.865. The molecule has 0 unspecified atom stereocenters. The van der Waals surface area contributed by atoms with Gasteiger partial charge in [0.1, 0.15) is 12.7 Å². The van der Waals surface area contributed by atoms with Crippen LogP contribution in [-0.4, -0.2) is 43.8 Å². The van der Waals surface area contributed by atoms with Crippen molar-refractivity contribution in [1.82, 2.24) is 24.8 Å². The lowest BCUT2D eigenvalue weighted by atomic mass is 10.0. The average Bonchev–Trinajstić information content (AvgIpc) is 3.25. The van der Waals surface area contributed by atoms with E-state index < -0.39 is 0 Å². The molecule has 0 saturated carbocycles. The Labute approximate surface area is 129 Å². The van der Waals surface area contributed by atoms with Crippen molar-refractivity contribution < 1.29 is 9.32 Å². The predicted molar refractivity (Wildman–Crippen MR) is 79.4 cm³/mol. The summed E-state index contributed by atoms with van der Waals surface area (Å²) in [5.41, 5.74) is 0.843. The highest BCUT2D eigenvalue weighted by Gasteiger charge is 2.28. The zero-order valence-electron chi connectivity index (χ0n) is 13.0. The van der Waals surface area contributed by atoms with E-state index in [1.54, 1.807) is 12.4 Å². The van der Waals surface area contributed by atoms with E-state index >= 15 is 0 Å². The highest BCUT2D eigenvalue weighted by atomic mass is 16.5. The average molecular weight is 303 g/mol. The highest BCUT2D eigenvalue weighted by molar-refractivity contribution is 5.91. The lowest BCUT2D eigenvalue weighted by molar-refractivity contribution is 0.0631. The lowest BCUT2D eigenvalue weighted by Gasteiger charge is -2.31. The fourth-order valence-electron chi connectivity index (χ4n) is 2.75. The number of carbonyl (C=O) groups is 1. The molecule has 1 fully saturated rings. The van der Waals surface area contributed by atoms with Gasteiger partial charge in [0, 0.05) is 25.1 Å². The third-order valence-corrected chi connectivity index (χ3v) is 4.35. The number of amides is 1. The van der Waals surface area contributed by atoms with Crippen LogP contribution in [0.15, 0.2) is 23.2 Å². The molecule has 0 aliphatic carbocycles. The molecule has 118 valence electrons. The molecule has 1 amide bonds. The van der Waals surface area contributed by atoms with Crippen LogP contribution in [0, 0.1) is 0 Å². The van der Waals surface area contributed by atoms with Gasteiger partial charge in [0.15, 0.2) is 0 Å². The maximum absolute atomic E-state index is 12.6. The first-order valence-corrected chi connectivity index (χ1v) is 7.79. The van der Waals surface area contributed by atoms with Crippen LogP contribution in [0.5, 0.6) is 0 Å². The van der Waals surface area contributed by atoms with Crippen molar-refractivity contribution in [3.63, 3.8) is 0 Å². The second-order valence-electron chi connectivity index (χ2n) is 5.85. The molecular weight excluding hydrogens is 282 g/mol. The van der Waals surface area contributed by atoms with Gasteiger partial charge in [0.05, 0.1) is 11.7 Å². The molecule has 7 heteroatoms. The number of aromatic nitrogens is 4. The molecule has 2 aromatic rings. The fourth-order valence-corrected chi connectivity index (χ4v) is 2.75. The minimum atomic E-state index is -0.0909. The van der Waals surface area contributed by atoms with Gasteiger partial charge in [-0.2, -0.15) is 5.10 Å². The maximum atomic E-state index is 12.6. The van der Waals surface area contributed by atoms with Gasteiger partial charge in [-0.05, 0) is 19.3 Å². The van der Waals surface area contributed by atoms with E-state index in [1.807, 2.05) is 9.58 Å². The number of hydrogen-bond donors (Lipinski definition) is 0. The number of likely N-dealkylation sites (tertiary alicyclic amines) is 1. The Kier molecular flexibility index (Phi) is 4.22. The Morgan fingerprint density at radius 2 is 2.41 bits per heavy atom. The Bertz CT molecular complexity index is 622. The second kappa shape index (κ2) is 6.29. The number of rotatable bonds is 4. The Morgan fingerprint density at radius 3 is 3.14 bits per heavy atom. The Hall–Kier alpha value is -2.18. The third-order valence-electron chi connectivity index (χ3n) is 4.35. The van der Waals surface area contributed by atoms with Gasteiger partial charge in [-0.15, -0.1) is 0 Å². The normalized spacial score (nSPS) is 20.1. The smallest absolute Gasteiger partial charge is 0.292 e. The van der Waals surface area contributed by atoms with Gasteiger partial charge >= 0.3 is 0 Å². The number of hydrogen-bond acceptors (Lipinski definition) is 5. The first-order valence-electron chi connectivity index (χ1n) is 7.79. The zero-order valence-corrected chi connectivity index (χ0v) is 13.0. The molecule has 3 rings (SSSR count). The molecule has 2 atom stereocenters. The third kappa shape index (κ3) is 2.88. The summed E-state index contributed by atoms with van der Waals surface area (Å²) in [4.78, 5) is 18.4. The van der Waals surface area contributed by atoms with E-state index in [1.165, 1.54) is 6.33 Å². The molecule has 0 spiro atoms. The largest absolute Gasteiger partial charge is 0.351 e. The van der Waals surface area contributed by atoms with Crippen LogP contribution in [-0.2, 0) is 0 Å². The minimum Gasteiger partial charge on any atom is -0.351 e. The summed E-state index contributed by atoms with van der Waals surface area (Å²) in [5, 5.41) is 8.20. The van der Waals surface area contributed by atoms with Gasteiger partial charge in [-0.1, -0.05) is 19.0 Å². The second-order valence-corrected chi connectivity index (χ2v) is 5.85. The SMILES string of the molecule is CC[C@H](C)c1cc(C(=O)N2CCC[C@@H](n3cncn3)C2)on1. The summed E-state index contributed by atoms with van der Waals surface area (Å²) >= 11 is 0. The highest BCUT2D eigenvalue weighted by Crippen LogP contribution is 2.23. The van der Waals surface area contributed by atoms with Crippen molar-refractivity contribution in [3.8, 4) is 0 Å². The van der Waals surface area contributed by atoms with Gasteiger partial charge in [-0.25, -0.2) is 9.67 Å². The van der Waals surface area contributed by atoms with Crippen molar-refractivity contribution in [2.45, 2.75) is 45.1 Å². The van der Waals surface area contributed by atoms with Crippen LogP contribution in [0.25, 0.3) is 0 Å². The zero-order chi connectivity index (χ0) is 15.5. The molecular formula is C15H21N5O2. The first-order chi connectivity index (χ1) is 10.7. The van der Waals surface area contributed by atoms with Crippen molar-refractivity contribution in [1.29, 1.82) is 0 Å². The van der Waals surface area contributed by atoms with Crippen molar-refractivity contribution in [3.05, 3.63) is 30.2 Å². The molecule has 22 heavy (non-hydrogen) atoms. The van der Waals surface area contributed by atoms with Gasteiger partial charge < -0.3 is 9.42 Å². The van der Waals surface area contributed by atoms with Crippen molar-refractivity contribution in [2.75, 3.05) is 13.1 Å². The Balaban J connectivity index is 1.70. The van der Waals surface area contributed by atoms with Crippen LogP contribution in [0.2, 0.25) is 0 Å². The molecule has 2 aromatic heterocycles. The van der Waals surface area contributed by atoms with E-state index in [4.69, 9.17) is 4.52 Å². The molecule has 1 aliphatic heterocycles. The predicted octanol–water partition coefficient (Wildman–Crippen LogP) is 2.26. The van der Waals surface area contributed by atoms with Crippen LogP contribution < -0.4 is 0 Å². The standard InChI is InChI=1S/C15H21N5O2/c1-3-11(2)13-7-14(22-18-13)15(21)19-6-4-5-12(8-19)20-10-16-9-17-20/h7,9-12H,3-6,8H2,1-2H3/t11-,12+/m0/s1. The molecule has 1 aliphatic rings. The van der Waals surface area contributed by atoms with Gasteiger partial charge in [-0.3, -0.25) is 4.79 Å². The summed E-state index contributed by atoms with van der Waals surface area (Å²) in [7, 11) is 0. The summed E-state index contributed by atoms with van der Waals surface area (Å²) < 4.78 is 7.08. The molecule has 7 nitrogen and oxygen atoms in total. The summed E-state index contributed by atoms with van der Waals surface area (Å²) in [6.07, 6.45) is 6.15. The minimum absolute atomic E-state index is 0.0909. The molecule has 0 bridgehead atoms. The summed E-state index contributed by atoms with van der Waals surface area (Å²) in [6, 6.07) is 1.95. The monoisotopic (exact) mass is 303 g/mol. The molecule has 1 saturated heterocycles. The number of carbonyl (C=O) groups excluding carboxylic acids is 1. The van der Waals surface area contributed by atoms with Crippen molar-refractivity contribution >= 4 is 5.91 Å². The summed E-state index contributed by atoms with van der Waals surface area (Å²) in [5.74, 6) is 0.538. The Morgan fingerprint density at radius 1 is 1.55 bits per heavy atom. The number of nitrogens with zero attached hydrogens (tertiary/aromatic N) is 5. The summed E-state index contributed by atoms with van der Waals surface area (Å²) in [6.45, 7) is 5.53. The lowest BCUT2D eigenvalue weighted by Crippen LogP contribution is -2.40. The molecule has 0 radical (unpaired) electrons. The topological polar surface area (TPSA) is 77.0 Å². The van der Waals surface area contributed by atoms with E-state index in [0.29, 0.717) is 18.2 Å². The van der Waals surface area contributed by atoms with Crippen molar-refractivity contribution in [2.24, 2.45) is 0 Å². The van der Waals surface area contributed by atoms with Crippen LogP contribution in [0.4, 0.5) is 0 Å². The van der Waals surface area contributed by atoms with Crippen LogP contribution in [0.3, 0.4) is 0 Å². The maximum Gasteiger partial charge on any atom is 0.292 e. The van der Waals surface area contributed by atoms with E-state index in [2.05, 4.69) is 29.1 Å². The van der Waals surface area contributed by atoms with Gasteiger partial charge in [0.2, 0.25) is 5.76 Å². The van der Waals surface area contributed by atoms with Crippen LogP contribution >= 0.6 is 0 Å². The van der Waals surface area contributed by atoms with E-state index in [0.717, 1.165) is 31.5 Å².